The van der Waals surface area contributed by atoms with E-state index in [9.17, 15) is 13.2 Å². The molecule has 0 unspecified atom stereocenters. The summed E-state index contributed by atoms with van der Waals surface area (Å²) in [5.41, 5.74) is 3.62. The first-order valence-electron chi connectivity index (χ1n) is 13.3. The van der Waals surface area contributed by atoms with E-state index in [4.69, 9.17) is 11.6 Å². The lowest BCUT2D eigenvalue weighted by Gasteiger charge is -2.40. The van der Waals surface area contributed by atoms with Crippen molar-refractivity contribution < 1.29 is 13.2 Å². The van der Waals surface area contributed by atoms with E-state index in [-0.39, 0.29) is 34.1 Å². The molecule has 5 rings (SSSR count). The Morgan fingerprint density at radius 3 is 1.85 bits per heavy atom. The molecule has 1 heterocycles. The van der Waals surface area contributed by atoms with Crippen LogP contribution in [0.1, 0.15) is 22.7 Å². The Bertz CT molecular complexity index is 1500. The maximum absolute atomic E-state index is 13.8. The van der Waals surface area contributed by atoms with Gasteiger partial charge < -0.3 is 4.90 Å². The summed E-state index contributed by atoms with van der Waals surface area (Å²) >= 11 is 6.44. The van der Waals surface area contributed by atoms with Crippen LogP contribution in [0, 0.1) is 6.92 Å². The van der Waals surface area contributed by atoms with E-state index < -0.39 is 10.0 Å². The number of benzene rings is 4. The summed E-state index contributed by atoms with van der Waals surface area (Å²) in [7, 11) is -4.03. The Morgan fingerprint density at radius 2 is 1.30 bits per heavy atom. The molecule has 1 fully saturated rings. The Kier molecular flexibility index (Phi) is 8.54. The molecule has 206 valence electrons. The van der Waals surface area contributed by atoms with E-state index >= 15 is 0 Å². The summed E-state index contributed by atoms with van der Waals surface area (Å²) in [4.78, 5) is 17.8. The fourth-order valence-electron chi connectivity index (χ4n) is 5.13. The monoisotopic (exact) mass is 573 g/mol. The predicted molar refractivity (Wildman–Crippen MR) is 160 cm³/mol. The summed E-state index contributed by atoms with van der Waals surface area (Å²) in [6.07, 6.45) is 0. The molecule has 0 atom stereocenters. The second-order valence-corrected chi connectivity index (χ2v) is 12.2. The maximum atomic E-state index is 13.8. The molecule has 1 aliphatic heterocycles. The zero-order valence-corrected chi connectivity index (χ0v) is 23.9. The molecule has 4 aromatic carbocycles. The van der Waals surface area contributed by atoms with Crippen molar-refractivity contribution in [2.75, 3.05) is 37.0 Å². The minimum Gasteiger partial charge on any atom is -0.339 e. The number of amides is 1. The summed E-state index contributed by atoms with van der Waals surface area (Å²) in [6, 6.07) is 34.1. The molecule has 0 N–H and O–H groups in total. The number of carbonyl (C=O) groups is 1. The van der Waals surface area contributed by atoms with Crippen LogP contribution >= 0.6 is 11.6 Å². The lowest BCUT2D eigenvalue weighted by Crippen LogP contribution is -2.52. The van der Waals surface area contributed by atoms with Crippen LogP contribution in [0.4, 0.5) is 5.69 Å². The number of nitrogens with zero attached hydrogens (tertiary/aromatic N) is 3. The topological polar surface area (TPSA) is 60.9 Å². The minimum absolute atomic E-state index is 0.0705. The smallest absolute Gasteiger partial charge is 0.264 e. The average molecular weight is 574 g/mol. The quantitative estimate of drug-likeness (QED) is 0.268. The van der Waals surface area contributed by atoms with Gasteiger partial charge in [0.2, 0.25) is 5.91 Å². The van der Waals surface area contributed by atoms with E-state index in [0.29, 0.717) is 26.2 Å². The summed E-state index contributed by atoms with van der Waals surface area (Å²) in [6.45, 7) is 3.88. The van der Waals surface area contributed by atoms with Crippen molar-refractivity contribution in [3.8, 4) is 0 Å². The van der Waals surface area contributed by atoms with Gasteiger partial charge in [-0.15, -0.1) is 0 Å². The molecule has 4 aromatic rings. The number of anilines is 1. The molecule has 1 aliphatic rings. The van der Waals surface area contributed by atoms with Gasteiger partial charge >= 0.3 is 0 Å². The number of para-hydroxylation sites is 1. The number of hydrogen-bond donors (Lipinski definition) is 0. The van der Waals surface area contributed by atoms with Crippen molar-refractivity contribution in [2.24, 2.45) is 0 Å². The first-order chi connectivity index (χ1) is 19.3. The largest absolute Gasteiger partial charge is 0.339 e. The Hall–Kier alpha value is -3.65. The molecule has 1 amide bonds. The summed E-state index contributed by atoms with van der Waals surface area (Å²) < 4.78 is 28.6. The van der Waals surface area contributed by atoms with Gasteiger partial charge in [-0.25, -0.2) is 8.42 Å². The zero-order chi connectivity index (χ0) is 28.1. The first kappa shape index (κ1) is 27.9. The van der Waals surface area contributed by atoms with Crippen molar-refractivity contribution >= 4 is 33.2 Å². The number of piperazine rings is 1. The van der Waals surface area contributed by atoms with Crippen LogP contribution in [0.2, 0.25) is 5.02 Å². The SMILES string of the molecule is Cc1ccc(S(=O)(=O)N(CC(=O)N2CCN(C(c3ccccc3)c3ccccc3)CC2)c2ccccc2Cl)cc1. The lowest BCUT2D eigenvalue weighted by atomic mass is 9.96. The first-order valence-corrected chi connectivity index (χ1v) is 15.1. The molecule has 40 heavy (non-hydrogen) atoms. The van der Waals surface area contributed by atoms with Gasteiger partial charge in [-0.1, -0.05) is 102 Å². The second kappa shape index (κ2) is 12.3. The van der Waals surface area contributed by atoms with Gasteiger partial charge in [0, 0.05) is 26.2 Å². The molecule has 0 aliphatic carbocycles. The highest BCUT2D eigenvalue weighted by Gasteiger charge is 2.33. The highest BCUT2D eigenvalue weighted by Crippen LogP contribution is 2.32. The highest BCUT2D eigenvalue weighted by molar-refractivity contribution is 7.92. The van der Waals surface area contributed by atoms with Crippen molar-refractivity contribution in [2.45, 2.75) is 17.9 Å². The van der Waals surface area contributed by atoms with Crippen molar-refractivity contribution in [1.29, 1.82) is 0 Å². The van der Waals surface area contributed by atoms with Gasteiger partial charge in [0.1, 0.15) is 6.54 Å². The van der Waals surface area contributed by atoms with Crippen LogP contribution in [0.25, 0.3) is 0 Å². The van der Waals surface area contributed by atoms with Gasteiger partial charge in [0.05, 0.1) is 21.6 Å². The minimum atomic E-state index is -4.03. The summed E-state index contributed by atoms with van der Waals surface area (Å²) in [5.74, 6) is -0.258. The van der Waals surface area contributed by atoms with Crippen LogP contribution < -0.4 is 4.31 Å². The number of carbonyl (C=O) groups excluding carboxylic acids is 1. The van der Waals surface area contributed by atoms with Crippen molar-refractivity contribution in [3.05, 3.63) is 131 Å². The average Bonchev–Trinajstić information content (AvgIpc) is 2.98. The number of aryl methyl sites for hydroxylation is 1. The Balaban J connectivity index is 1.36. The van der Waals surface area contributed by atoms with Gasteiger partial charge in [-0.3, -0.25) is 14.0 Å². The Labute approximate surface area is 241 Å². The Morgan fingerprint density at radius 1 is 0.775 bits per heavy atom. The number of halogens is 1. The number of rotatable bonds is 8. The summed E-state index contributed by atoms with van der Waals surface area (Å²) in [5, 5.41) is 0.268. The fourth-order valence-corrected chi connectivity index (χ4v) is 6.85. The fraction of sp³-hybridized carbons (Fsp3) is 0.219. The normalized spacial score (nSPS) is 14.3. The molecule has 0 radical (unpaired) electrons. The van der Waals surface area contributed by atoms with Crippen molar-refractivity contribution in [3.63, 3.8) is 0 Å². The molecule has 8 heteroatoms. The highest BCUT2D eigenvalue weighted by atomic mass is 35.5. The lowest BCUT2D eigenvalue weighted by molar-refractivity contribution is -0.131. The molecule has 6 nitrogen and oxygen atoms in total. The van der Waals surface area contributed by atoms with E-state index in [1.165, 1.54) is 11.1 Å². The third-order valence-electron chi connectivity index (χ3n) is 7.27. The molecular formula is C32H32ClN3O3S. The molecule has 0 spiro atoms. The van der Waals surface area contributed by atoms with Crippen LogP contribution in [-0.4, -0.2) is 56.8 Å². The molecule has 0 aromatic heterocycles. The molecule has 0 bridgehead atoms. The molecule has 1 saturated heterocycles. The van der Waals surface area contributed by atoms with Crippen LogP contribution in [0.3, 0.4) is 0 Å². The molecular weight excluding hydrogens is 542 g/mol. The number of sulfonamides is 1. The third kappa shape index (κ3) is 6.07. The standard InChI is InChI=1S/C32H32ClN3O3S/c1-25-16-18-28(19-17-25)40(38,39)36(30-15-9-8-14-29(30)33)24-31(37)34-20-22-35(23-21-34)32(26-10-4-2-5-11-26)27-12-6-3-7-13-27/h2-19,32H,20-24H2,1H3. The zero-order valence-electron chi connectivity index (χ0n) is 22.4. The second-order valence-electron chi connectivity index (χ2n) is 9.92. The third-order valence-corrected chi connectivity index (χ3v) is 9.37. The van der Waals surface area contributed by atoms with E-state index in [1.54, 1.807) is 53.4 Å². The van der Waals surface area contributed by atoms with Crippen LogP contribution in [-0.2, 0) is 14.8 Å². The predicted octanol–water partition coefficient (Wildman–Crippen LogP) is 5.78. The van der Waals surface area contributed by atoms with Crippen LogP contribution in [0.15, 0.2) is 114 Å². The van der Waals surface area contributed by atoms with Gasteiger partial charge in [0.25, 0.3) is 10.0 Å². The maximum Gasteiger partial charge on any atom is 0.264 e. The van der Waals surface area contributed by atoms with Crippen molar-refractivity contribution in [1.82, 2.24) is 9.80 Å². The van der Waals surface area contributed by atoms with Gasteiger partial charge in [0.15, 0.2) is 0 Å². The van der Waals surface area contributed by atoms with Gasteiger partial charge in [-0.05, 0) is 42.3 Å². The van der Waals surface area contributed by atoms with E-state index in [2.05, 4.69) is 29.2 Å². The van der Waals surface area contributed by atoms with Crippen LogP contribution in [0.5, 0.6) is 0 Å². The van der Waals surface area contributed by atoms with Gasteiger partial charge in [-0.2, -0.15) is 0 Å². The molecule has 0 saturated carbocycles. The van der Waals surface area contributed by atoms with E-state index in [1.807, 2.05) is 43.3 Å². The number of hydrogen-bond acceptors (Lipinski definition) is 4. The van der Waals surface area contributed by atoms with E-state index in [0.717, 1.165) is 9.87 Å².